The SMILES string of the molecule is CCn1ccc(CN(C)C(=O)c2ccn(COc3ccc(Cl)cc3C)n2)n1. The van der Waals surface area contributed by atoms with Crippen LogP contribution in [0.15, 0.2) is 42.7 Å². The van der Waals surface area contributed by atoms with Gasteiger partial charge < -0.3 is 9.64 Å². The number of carbonyl (C=O) groups is 1. The van der Waals surface area contributed by atoms with Crippen molar-refractivity contribution < 1.29 is 9.53 Å². The van der Waals surface area contributed by atoms with Gasteiger partial charge in [-0.3, -0.25) is 9.48 Å². The second-order valence-electron chi connectivity index (χ2n) is 6.25. The van der Waals surface area contributed by atoms with Crippen LogP contribution in [0.3, 0.4) is 0 Å². The molecule has 2 heterocycles. The third kappa shape index (κ3) is 4.68. The molecule has 3 aromatic rings. The van der Waals surface area contributed by atoms with E-state index in [4.69, 9.17) is 16.3 Å². The molecule has 1 aromatic carbocycles. The number of hydrogen-bond acceptors (Lipinski definition) is 4. The first-order valence-corrected chi connectivity index (χ1v) is 9.04. The van der Waals surface area contributed by atoms with Gasteiger partial charge in [0.25, 0.3) is 5.91 Å². The number of aromatic nitrogens is 4. The fourth-order valence-electron chi connectivity index (χ4n) is 2.63. The van der Waals surface area contributed by atoms with Gasteiger partial charge in [-0.25, -0.2) is 4.68 Å². The Kier molecular flexibility index (Phi) is 5.81. The van der Waals surface area contributed by atoms with Crippen LogP contribution < -0.4 is 4.74 Å². The molecule has 0 fully saturated rings. The van der Waals surface area contributed by atoms with Crippen molar-refractivity contribution in [2.24, 2.45) is 0 Å². The highest BCUT2D eigenvalue weighted by Crippen LogP contribution is 2.22. The van der Waals surface area contributed by atoms with E-state index in [0.717, 1.165) is 23.6 Å². The summed E-state index contributed by atoms with van der Waals surface area (Å²) in [5, 5.41) is 9.37. The lowest BCUT2D eigenvalue weighted by atomic mass is 10.2. The fourth-order valence-corrected chi connectivity index (χ4v) is 2.86. The van der Waals surface area contributed by atoms with Crippen LogP contribution in [-0.2, 0) is 19.8 Å². The molecule has 1 amide bonds. The second-order valence-corrected chi connectivity index (χ2v) is 6.68. The Hall–Kier alpha value is -2.80. The van der Waals surface area contributed by atoms with Gasteiger partial charge in [0.15, 0.2) is 12.4 Å². The first kappa shape index (κ1) is 19.0. The lowest BCUT2D eigenvalue weighted by Gasteiger charge is -2.14. The molecule has 0 radical (unpaired) electrons. The minimum atomic E-state index is -0.164. The maximum absolute atomic E-state index is 12.6. The molecule has 0 saturated heterocycles. The van der Waals surface area contributed by atoms with Crippen molar-refractivity contribution >= 4 is 17.5 Å². The zero-order valence-electron chi connectivity index (χ0n) is 15.6. The molecule has 0 aliphatic heterocycles. The van der Waals surface area contributed by atoms with Gasteiger partial charge in [-0.15, -0.1) is 0 Å². The fraction of sp³-hybridized carbons (Fsp3) is 0.316. The highest BCUT2D eigenvalue weighted by Gasteiger charge is 2.16. The molecule has 7 nitrogen and oxygen atoms in total. The van der Waals surface area contributed by atoms with Gasteiger partial charge in [0.2, 0.25) is 0 Å². The van der Waals surface area contributed by atoms with Gasteiger partial charge in [0, 0.05) is 31.0 Å². The van der Waals surface area contributed by atoms with E-state index in [1.807, 2.05) is 42.9 Å². The minimum Gasteiger partial charge on any atom is -0.471 e. The molecule has 0 N–H and O–H groups in total. The quantitative estimate of drug-likeness (QED) is 0.623. The maximum Gasteiger partial charge on any atom is 0.274 e. The highest BCUT2D eigenvalue weighted by molar-refractivity contribution is 6.30. The molecule has 142 valence electrons. The predicted octanol–water partition coefficient (Wildman–Crippen LogP) is 3.37. The van der Waals surface area contributed by atoms with Gasteiger partial charge in [0.05, 0.1) is 12.2 Å². The summed E-state index contributed by atoms with van der Waals surface area (Å²) in [6, 6.07) is 9.02. The van der Waals surface area contributed by atoms with Crippen molar-refractivity contribution in [3.05, 3.63) is 64.7 Å². The third-order valence-electron chi connectivity index (χ3n) is 4.11. The molecule has 8 heteroatoms. The van der Waals surface area contributed by atoms with Gasteiger partial charge in [0.1, 0.15) is 5.75 Å². The van der Waals surface area contributed by atoms with Crippen LogP contribution in [0.25, 0.3) is 0 Å². The summed E-state index contributed by atoms with van der Waals surface area (Å²) < 4.78 is 9.16. The molecule has 0 saturated carbocycles. The summed E-state index contributed by atoms with van der Waals surface area (Å²) in [6.45, 7) is 5.38. The van der Waals surface area contributed by atoms with E-state index in [1.165, 1.54) is 0 Å². The molecular weight excluding hydrogens is 366 g/mol. The summed E-state index contributed by atoms with van der Waals surface area (Å²) in [7, 11) is 1.74. The first-order valence-electron chi connectivity index (χ1n) is 8.66. The first-order chi connectivity index (χ1) is 13.0. The summed E-state index contributed by atoms with van der Waals surface area (Å²) in [6.07, 6.45) is 3.62. The molecule has 27 heavy (non-hydrogen) atoms. The monoisotopic (exact) mass is 387 g/mol. The standard InChI is InChI=1S/C19H22ClN5O2/c1-4-24-9-7-16(21-24)12-23(3)19(26)17-8-10-25(22-17)13-27-18-6-5-15(20)11-14(18)2/h5-11H,4,12-13H2,1-3H3. The number of carbonyl (C=O) groups excluding carboxylic acids is 1. The number of rotatable bonds is 7. The molecule has 0 spiro atoms. The molecule has 2 aromatic heterocycles. The Morgan fingerprint density at radius 2 is 1.96 bits per heavy atom. The average molecular weight is 388 g/mol. The molecule has 0 unspecified atom stereocenters. The highest BCUT2D eigenvalue weighted by atomic mass is 35.5. The van der Waals surface area contributed by atoms with Crippen molar-refractivity contribution in [3.8, 4) is 5.75 Å². The predicted molar refractivity (Wildman–Crippen MR) is 103 cm³/mol. The number of amides is 1. The zero-order chi connectivity index (χ0) is 19.4. The second kappa shape index (κ2) is 8.26. The Bertz CT molecular complexity index is 934. The van der Waals surface area contributed by atoms with Crippen LogP contribution in [0.4, 0.5) is 0 Å². The molecule has 0 atom stereocenters. The summed E-state index contributed by atoms with van der Waals surface area (Å²) >= 11 is 5.95. The van der Waals surface area contributed by atoms with Crippen molar-refractivity contribution in [1.82, 2.24) is 24.5 Å². The number of benzene rings is 1. The summed E-state index contributed by atoms with van der Waals surface area (Å²) in [4.78, 5) is 14.2. The lowest BCUT2D eigenvalue weighted by molar-refractivity contribution is 0.0775. The molecule has 3 rings (SSSR count). The van der Waals surface area contributed by atoms with E-state index in [-0.39, 0.29) is 12.6 Å². The summed E-state index contributed by atoms with van der Waals surface area (Å²) in [5.74, 6) is 0.564. The lowest BCUT2D eigenvalue weighted by Crippen LogP contribution is -2.27. The number of halogens is 1. The van der Waals surface area contributed by atoms with Crippen molar-refractivity contribution in [1.29, 1.82) is 0 Å². The minimum absolute atomic E-state index is 0.164. The van der Waals surface area contributed by atoms with E-state index in [1.54, 1.807) is 35.0 Å². The molecule has 0 aliphatic rings. The van der Waals surface area contributed by atoms with Crippen molar-refractivity contribution in [2.45, 2.75) is 33.7 Å². The van der Waals surface area contributed by atoms with Gasteiger partial charge in [-0.2, -0.15) is 10.2 Å². The number of ether oxygens (including phenoxy) is 1. The molecule has 0 aliphatic carbocycles. The van der Waals surface area contributed by atoms with E-state index in [9.17, 15) is 4.79 Å². The van der Waals surface area contributed by atoms with Crippen LogP contribution in [-0.4, -0.2) is 37.4 Å². The average Bonchev–Trinajstić information content (AvgIpc) is 3.29. The van der Waals surface area contributed by atoms with Gasteiger partial charge in [-0.05, 0) is 49.7 Å². The maximum atomic E-state index is 12.6. The van der Waals surface area contributed by atoms with Crippen molar-refractivity contribution in [3.63, 3.8) is 0 Å². The van der Waals surface area contributed by atoms with Gasteiger partial charge in [-0.1, -0.05) is 11.6 Å². The Morgan fingerprint density at radius 1 is 1.19 bits per heavy atom. The molecule has 0 bridgehead atoms. The third-order valence-corrected chi connectivity index (χ3v) is 4.35. The van der Waals surface area contributed by atoms with Crippen LogP contribution in [0.2, 0.25) is 5.02 Å². The Labute approximate surface area is 163 Å². The smallest absolute Gasteiger partial charge is 0.274 e. The van der Waals surface area contributed by atoms with Gasteiger partial charge >= 0.3 is 0 Å². The Balaban J connectivity index is 1.59. The van der Waals surface area contributed by atoms with Crippen LogP contribution >= 0.6 is 11.6 Å². The summed E-state index contributed by atoms with van der Waals surface area (Å²) in [5.41, 5.74) is 2.15. The van der Waals surface area contributed by atoms with E-state index in [2.05, 4.69) is 10.2 Å². The van der Waals surface area contributed by atoms with E-state index in [0.29, 0.717) is 17.3 Å². The number of nitrogens with zero attached hydrogens (tertiary/aromatic N) is 5. The van der Waals surface area contributed by atoms with Crippen LogP contribution in [0.1, 0.15) is 28.7 Å². The Morgan fingerprint density at radius 3 is 2.67 bits per heavy atom. The number of hydrogen-bond donors (Lipinski definition) is 0. The van der Waals surface area contributed by atoms with E-state index < -0.39 is 0 Å². The number of aryl methyl sites for hydroxylation is 2. The van der Waals surface area contributed by atoms with E-state index >= 15 is 0 Å². The topological polar surface area (TPSA) is 65.2 Å². The van der Waals surface area contributed by atoms with Crippen LogP contribution in [0.5, 0.6) is 5.75 Å². The normalized spacial score (nSPS) is 10.8. The van der Waals surface area contributed by atoms with Crippen molar-refractivity contribution in [2.75, 3.05) is 7.05 Å². The largest absolute Gasteiger partial charge is 0.471 e. The molecular formula is C19H22ClN5O2. The zero-order valence-corrected chi connectivity index (χ0v) is 16.3. The van der Waals surface area contributed by atoms with Crippen LogP contribution in [0, 0.1) is 6.92 Å².